The summed E-state index contributed by atoms with van der Waals surface area (Å²) in [6, 6.07) is 8.52. The van der Waals surface area contributed by atoms with Crippen LogP contribution >= 0.6 is 11.6 Å². The Hall–Kier alpha value is -1.16. The van der Waals surface area contributed by atoms with E-state index in [4.69, 9.17) is 11.6 Å². The van der Waals surface area contributed by atoms with Crippen LogP contribution in [0.25, 0.3) is 10.9 Å². The van der Waals surface area contributed by atoms with Crippen LogP contribution in [0.4, 0.5) is 0 Å². The fraction of sp³-hybridized carbons (Fsp3) is 0.526. The Bertz CT molecular complexity index is 611. The van der Waals surface area contributed by atoms with Gasteiger partial charge in [0.25, 0.3) is 0 Å². The lowest BCUT2D eigenvalue weighted by atomic mass is 10.1. The Morgan fingerprint density at radius 1 is 1.22 bits per heavy atom. The Labute approximate surface area is 145 Å². The average molecular weight is 334 g/mol. The molecule has 1 atom stereocenters. The molecule has 4 heteroatoms. The molecule has 1 aromatic carbocycles. The van der Waals surface area contributed by atoms with E-state index in [1.165, 1.54) is 30.3 Å². The molecule has 0 aliphatic carbocycles. The highest BCUT2D eigenvalue weighted by Crippen LogP contribution is 2.20. The Kier molecular flexibility index (Phi) is 7.28. The SMILES string of the molecule is CCN(CC)CCC[C@@H](C)NCc1ccnc2cc(Cl)ccc12. The number of rotatable bonds is 9. The minimum Gasteiger partial charge on any atom is -0.310 e. The van der Waals surface area contributed by atoms with E-state index in [-0.39, 0.29) is 0 Å². The number of hydrogen-bond acceptors (Lipinski definition) is 3. The van der Waals surface area contributed by atoms with Gasteiger partial charge in [0.05, 0.1) is 5.52 Å². The molecule has 0 saturated heterocycles. The van der Waals surface area contributed by atoms with Gasteiger partial charge in [-0.3, -0.25) is 4.98 Å². The van der Waals surface area contributed by atoms with Gasteiger partial charge in [-0.25, -0.2) is 0 Å². The Morgan fingerprint density at radius 2 is 2.00 bits per heavy atom. The van der Waals surface area contributed by atoms with Crippen molar-refractivity contribution in [3.63, 3.8) is 0 Å². The van der Waals surface area contributed by atoms with Gasteiger partial charge in [-0.2, -0.15) is 0 Å². The van der Waals surface area contributed by atoms with Crippen molar-refractivity contribution in [3.8, 4) is 0 Å². The molecule has 2 rings (SSSR count). The van der Waals surface area contributed by atoms with Crippen LogP contribution < -0.4 is 5.32 Å². The van der Waals surface area contributed by atoms with Crippen molar-refractivity contribution in [1.29, 1.82) is 0 Å². The minimum absolute atomic E-state index is 0.515. The molecule has 1 heterocycles. The van der Waals surface area contributed by atoms with E-state index in [9.17, 15) is 0 Å². The standard InChI is InChI=1S/C19H28ClN3/c1-4-23(5-2)12-6-7-15(3)22-14-16-10-11-21-19-13-17(20)8-9-18(16)19/h8-11,13,15,22H,4-7,12,14H2,1-3H3/t15-/m1/s1. The molecule has 0 bridgehead atoms. The lowest BCUT2D eigenvalue weighted by molar-refractivity contribution is 0.290. The summed E-state index contributed by atoms with van der Waals surface area (Å²) in [6.07, 6.45) is 4.30. The van der Waals surface area contributed by atoms with Gasteiger partial charge in [0.1, 0.15) is 0 Å². The number of pyridine rings is 1. The molecule has 0 saturated carbocycles. The third-order valence-corrected chi connectivity index (χ3v) is 4.68. The highest BCUT2D eigenvalue weighted by Gasteiger charge is 2.06. The van der Waals surface area contributed by atoms with Crippen molar-refractivity contribution in [2.75, 3.05) is 19.6 Å². The second kappa shape index (κ2) is 9.21. The fourth-order valence-corrected chi connectivity index (χ4v) is 3.05. The van der Waals surface area contributed by atoms with E-state index in [2.05, 4.69) is 48.1 Å². The third-order valence-electron chi connectivity index (χ3n) is 4.44. The molecule has 2 aromatic rings. The first-order valence-electron chi connectivity index (χ1n) is 8.63. The summed E-state index contributed by atoms with van der Waals surface area (Å²) in [5.74, 6) is 0. The molecule has 0 aliphatic rings. The monoisotopic (exact) mass is 333 g/mol. The quantitative estimate of drug-likeness (QED) is 0.733. The van der Waals surface area contributed by atoms with Gasteiger partial charge in [-0.1, -0.05) is 31.5 Å². The maximum Gasteiger partial charge on any atom is 0.0720 e. The van der Waals surface area contributed by atoms with Crippen LogP contribution in [0.2, 0.25) is 5.02 Å². The highest BCUT2D eigenvalue weighted by atomic mass is 35.5. The molecule has 3 nitrogen and oxygen atoms in total. The lowest BCUT2D eigenvalue weighted by Crippen LogP contribution is -2.28. The maximum atomic E-state index is 6.05. The summed E-state index contributed by atoms with van der Waals surface area (Å²) < 4.78 is 0. The third kappa shape index (κ3) is 5.45. The second-order valence-corrected chi connectivity index (χ2v) is 6.52. The van der Waals surface area contributed by atoms with Gasteiger partial charge >= 0.3 is 0 Å². The van der Waals surface area contributed by atoms with E-state index in [1.807, 2.05) is 18.3 Å². The number of nitrogens with zero attached hydrogens (tertiary/aromatic N) is 2. The number of halogens is 1. The van der Waals surface area contributed by atoms with Crippen LogP contribution in [-0.2, 0) is 6.54 Å². The van der Waals surface area contributed by atoms with E-state index >= 15 is 0 Å². The van der Waals surface area contributed by atoms with Crippen LogP contribution in [0.5, 0.6) is 0 Å². The van der Waals surface area contributed by atoms with Crippen LogP contribution in [0, 0.1) is 0 Å². The van der Waals surface area contributed by atoms with Crippen molar-refractivity contribution in [1.82, 2.24) is 15.2 Å². The van der Waals surface area contributed by atoms with Gasteiger partial charge in [0, 0.05) is 29.2 Å². The van der Waals surface area contributed by atoms with Gasteiger partial charge < -0.3 is 10.2 Å². The zero-order valence-corrected chi connectivity index (χ0v) is 15.2. The smallest absolute Gasteiger partial charge is 0.0720 e. The predicted molar refractivity (Wildman–Crippen MR) is 100 cm³/mol. The molecular formula is C19H28ClN3. The van der Waals surface area contributed by atoms with Gasteiger partial charge in [-0.15, -0.1) is 0 Å². The zero-order valence-electron chi connectivity index (χ0n) is 14.5. The zero-order chi connectivity index (χ0) is 16.7. The topological polar surface area (TPSA) is 28.2 Å². The van der Waals surface area contributed by atoms with Crippen molar-refractivity contribution >= 4 is 22.5 Å². The molecule has 0 aliphatic heterocycles. The number of aromatic nitrogens is 1. The molecule has 0 unspecified atom stereocenters. The summed E-state index contributed by atoms with van der Waals surface area (Å²) >= 11 is 6.05. The molecule has 0 spiro atoms. The summed E-state index contributed by atoms with van der Waals surface area (Å²) in [7, 11) is 0. The fourth-order valence-electron chi connectivity index (χ4n) is 2.88. The maximum absolute atomic E-state index is 6.05. The van der Waals surface area contributed by atoms with Crippen molar-refractivity contribution in [3.05, 3.63) is 41.0 Å². The molecular weight excluding hydrogens is 306 g/mol. The molecule has 126 valence electrons. The van der Waals surface area contributed by atoms with E-state index in [1.54, 1.807) is 0 Å². The van der Waals surface area contributed by atoms with Crippen molar-refractivity contribution < 1.29 is 0 Å². The predicted octanol–water partition coefficient (Wildman–Crippen LogP) is 4.49. The normalized spacial score (nSPS) is 12.9. The first-order valence-corrected chi connectivity index (χ1v) is 9.00. The molecule has 1 aromatic heterocycles. The molecule has 0 amide bonds. The molecule has 0 fully saturated rings. The van der Waals surface area contributed by atoms with E-state index in [0.29, 0.717) is 6.04 Å². The molecule has 23 heavy (non-hydrogen) atoms. The first-order chi connectivity index (χ1) is 11.1. The van der Waals surface area contributed by atoms with E-state index < -0.39 is 0 Å². The number of nitrogens with one attached hydrogen (secondary N) is 1. The Balaban J connectivity index is 1.86. The minimum atomic E-state index is 0.515. The summed E-state index contributed by atoms with van der Waals surface area (Å²) in [5, 5.41) is 5.55. The summed E-state index contributed by atoms with van der Waals surface area (Å²) in [5.41, 5.74) is 2.24. The highest BCUT2D eigenvalue weighted by molar-refractivity contribution is 6.31. The molecule has 1 N–H and O–H groups in total. The van der Waals surface area contributed by atoms with Gasteiger partial charge in [0.15, 0.2) is 0 Å². The van der Waals surface area contributed by atoms with Crippen LogP contribution in [-0.4, -0.2) is 35.6 Å². The largest absolute Gasteiger partial charge is 0.310 e. The summed E-state index contributed by atoms with van der Waals surface area (Å²) in [4.78, 5) is 6.88. The number of benzene rings is 1. The molecule has 0 radical (unpaired) electrons. The summed E-state index contributed by atoms with van der Waals surface area (Å²) in [6.45, 7) is 11.1. The van der Waals surface area contributed by atoms with E-state index in [0.717, 1.165) is 30.2 Å². The van der Waals surface area contributed by atoms with Crippen LogP contribution in [0.15, 0.2) is 30.5 Å². The van der Waals surface area contributed by atoms with Crippen LogP contribution in [0.1, 0.15) is 39.2 Å². The van der Waals surface area contributed by atoms with Crippen LogP contribution in [0.3, 0.4) is 0 Å². The number of fused-ring (bicyclic) bond motifs is 1. The van der Waals surface area contributed by atoms with Gasteiger partial charge in [-0.05, 0) is 63.2 Å². The number of hydrogen-bond donors (Lipinski definition) is 1. The second-order valence-electron chi connectivity index (χ2n) is 6.08. The Morgan fingerprint density at radius 3 is 2.74 bits per heavy atom. The van der Waals surface area contributed by atoms with Gasteiger partial charge in [0.2, 0.25) is 0 Å². The lowest BCUT2D eigenvalue weighted by Gasteiger charge is -2.20. The van der Waals surface area contributed by atoms with Crippen molar-refractivity contribution in [2.24, 2.45) is 0 Å². The first kappa shape index (κ1) is 18.2. The average Bonchev–Trinajstić information content (AvgIpc) is 2.56. The van der Waals surface area contributed by atoms with Crippen molar-refractivity contribution in [2.45, 2.75) is 46.2 Å².